The first-order valence-electron chi connectivity index (χ1n) is 9.64. The highest BCUT2D eigenvalue weighted by atomic mass is 16.3. The molecule has 0 amide bonds. The Morgan fingerprint density at radius 2 is 1.09 bits per heavy atom. The van der Waals surface area contributed by atoms with Crippen LogP contribution in [0.25, 0.3) is 0 Å². The predicted molar refractivity (Wildman–Crippen MR) is 97.0 cm³/mol. The van der Waals surface area contributed by atoms with Gasteiger partial charge >= 0.3 is 0 Å². The zero-order valence-electron chi connectivity index (χ0n) is 15.9. The highest BCUT2D eigenvalue weighted by Gasteiger charge is 2.14. The molecular weight excluding hydrogens is 272 g/mol. The van der Waals surface area contributed by atoms with Gasteiger partial charge in [-0.1, -0.05) is 73.1 Å². The molecule has 134 valence electrons. The largest absolute Gasteiger partial charge is 0.396 e. The summed E-state index contributed by atoms with van der Waals surface area (Å²) in [5, 5.41) is 19.0. The van der Waals surface area contributed by atoms with Crippen LogP contribution in [0.5, 0.6) is 0 Å². The number of rotatable bonds is 14. The Kier molecular flexibility index (Phi) is 13.3. The van der Waals surface area contributed by atoms with Gasteiger partial charge in [-0.2, -0.15) is 0 Å². The van der Waals surface area contributed by atoms with Crippen molar-refractivity contribution in [2.75, 3.05) is 6.61 Å². The summed E-state index contributed by atoms with van der Waals surface area (Å²) >= 11 is 0. The average Bonchev–Trinajstić information content (AvgIpc) is 2.37. The molecule has 0 aliphatic rings. The van der Waals surface area contributed by atoms with E-state index in [1.54, 1.807) is 0 Å². The summed E-state index contributed by atoms with van der Waals surface area (Å²) in [6, 6.07) is 0. The molecule has 0 aromatic heterocycles. The lowest BCUT2D eigenvalue weighted by Crippen LogP contribution is -2.16. The molecule has 4 unspecified atom stereocenters. The SMILES string of the molecule is CC(C)CCCC(C)CCCC(C)CC(O)CC(C)CCO. The lowest BCUT2D eigenvalue weighted by atomic mass is 9.89. The Bertz CT molecular complexity index is 240. The highest BCUT2D eigenvalue weighted by Crippen LogP contribution is 2.22. The van der Waals surface area contributed by atoms with Crippen molar-refractivity contribution in [2.45, 2.75) is 98.5 Å². The summed E-state index contributed by atoms with van der Waals surface area (Å²) in [5.41, 5.74) is 0. The molecule has 0 radical (unpaired) electrons. The van der Waals surface area contributed by atoms with Crippen LogP contribution in [0, 0.1) is 23.7 Å². The Balaban J connectivity index is 3.65. The van der Waals surface area contributed by atoms with E-state index in [2.05, 4.69) is 34.6 Å². The van der Waals surface area contributed by atoms with Crippen LogP contribution < -0.4 is 0 Å². The van der Waals surface area contributed by atoms with E-state index in [1.165, 1.54) is 38.5 Å². The molecule has 0 aromatic carbocycles. The van der Waals surface area contributed by atoms with Gasteiger partial charge in [0.15, 0.2) is 0 Å². The van der Waals surface area contributed by atoms with Crippen molar-refractivity contribution in [3.05, 3.63) is 0 Å². The lowest BCUT2D eigenvalue weighted by molar-refractivity contribution is 0.110. The van der Waals surface area contributed by atoms with Crippen LogP contribution in [0.2, 0.25) is 0 Å². The molecule has 0 aliphatic carbocycles. The molecule has 0 fully saturated rings. The minimum atomic E-state index is -0.194. The molecule has 0 saturated carbocycles. The van der Waals surface area contributed by atoms with Crippen LogP contribution in [-0.2, 0) is 0 Å². The van der Waals surface area contributed by atoms with E-state index in [4.69, 9.17) is 5.11 Å². The van der Waals surface area contributed by atoms with Crippen molar-refractivity contribution >= 4 is 0 Å². The van der Waals surface area contributed by atoms with E-state index in [0.717, 1.165) is 31.1 Å². The molecule has 2 nitrogen and oxygen atoms in total. The molecular formula is C20H42O2. The van der Waals surface area contributed by atoms with Gasteiger partial charge in [-0.3, -0.25) is 0 Å². The third kappa shape index (κ3) is 13.6. The second-order valence-electron chi connectivity index (χ2n) is 8.21. The van der Waals surface area contributed by atoms with Crippen LogP contribution in [0.1, 0.15) is 92.4 Å². The Morgan fingerprint density at radius 3 is 1.59 bits per heavy atom. The summed E-state index contributed by atoms with van der Waals surface area (Å²) < 4.78 is 0. The van der Waals surface area contributed by atoms with Gasteiger partial charge in [-0.15, -0.1) is 0 Å². The fraction of sp³-hybridized carbons (Fsp3) is 1.00. The molecule has 0 spiro atoms. The summed E-state index contributed by atoms with van der Waals surface area (Å²) in [6.45, 7) is 11.6. The zero-order valence-corrected chi connectivity index (χ0v) is 15.9. The minimum Gasteiger partial charge on any atom is -0.396 e. The second kappa shape index (κ2) is 13.4. The van der Waals surface area contributed by atoms with Gasteiger partial charge < -0.3 is 10.2 Å². The topological polar surface area (TPSA) is 40.5 Å². The smallest absolute Gasteiger partial charge is 0.0545 e. The third-order valence-corrected chi connectivity index (χ3v) is 4.84. The van der Waals surface area contributed by atoms with Crippen molar-refractivity contribution in [3.63, 3.8) is 0 Å². The van der Waals surface area contributed by atoms with Crippen LogP contribution in [0.4, 0.5) is 0 Å². The number of hydrogen-bond acceptors (Lipinski definition) is 2. The highest BCUT2D eigenvalue weighted by molar-refractivity contribution is 4.66. The lowest BCUT2D eigenvalue weighted by Gasteiger charge is -2.20. The van der Waals surface area contributed by atoms with Crippen molar-refractivity contribution in [2.24, 2.45) is 23.7 Å². The average molecular weight is 315 g/mol. The van der Waals surface area contributed by atoms with Gasteiger partial charge in [-0.05, 0) is 42.9 Å². The maximum absolute atomic E-state index is 10.1. The Labute approximate surface area is 139 Å². The van der Waals surface area contributed by atoms with Gasteiger partial charge in [0.05, 0.1) is 6.10 Å². The first kappa shape index (κ1) is 21.9. The predicted octanol–water partition coefficient (Wildman–Crippen LogP) is 5.41. The summed E-state index contributed by atoms with van der Waals surface area (Å²) in [4.78, 5) is 0. The zero-order chi connectivity index (χ0) is 17.0. The molecule has 0 aromatic rings. The third-order valence-electron chi connectivity index (χ3n) is 4.84. The van der Waals surface area contributed by atoms with Crippen molar-refractivity contribution in [1.82, 2.24) is 0 Å². The van der Waals surface area contributed by atoms with E-state index in [-0.39, 0.29) is 12.7 Å². The van der Waals surface area contributed by atoms with E-state index >= 15 is 0 Å². The summed E-state index contributed by atoms with van der Waals surface area (Å²) in [5.74, 6) is 2.72. The number of aliphatic hydroxyl groups excluding tert-OH is 2. The van der Waals surface area contributed by atoms with Gasteiger partial charge in [0, 0.05) is 6.61 Å². The molecule has 22 heavy (non-hydrogen) atoms. The first-order valence-corrected chi connectivity index (χ1v) is 9.64. The van der Waals surface area contributed by atoms with E-state index in [1.807, 2.05) is 0 Å². The van der Waals surface area contributed by atoms with Gasteiger partial charge in [0.25, 0.3) is 0 Å². The number of hydrogen-bond donors (Lipinski definition) is 2. The second-order valence-corrected chi connectivity index (χ2v) is 8.21. The first-order chi connectivity index (χ1) is 10.3. The van der Waals surface area contributed by atoms with E-state index < -0.39 is 0 Å². The van der Waals surface area contributed by atoms with Crippen molar-refractivity contribution in [3.8, 4) is 0 Å². The van der Waals surface area contributed by atoms with Crippen LogP contribution >= 0.6 is 0 Å². The fourth-order valence-electron chi connectivity index (χ4n) is 3.31. The standard InChI is InChI=1S/C20H42O2/c1-16(2)8-6-9-17(3)10-7-11-18(4)14-20(22)15-19(5)12-13-21/h16-22H,6-15H2,1-5H3. The maximum atomic E-state index is 10.1. The Hall–Kier alpha value is -0.0800. The van der Waals surface area contributed by atoms with E-state index in [0.29, 0.717) is 11.8 Å². The van der Waals surface area contributed by atoms with E-state index in [9.17, 15) is 5.11 Å². The monoisotopic (exact) mass is 314 g/mol. The van der Waals surface area contributed by atoms with Crippen LogP contribution in [0.15, 0.2) is 0 Å². The molecule has 2 N–H and O–H groups in total. The van der Waals surface area contributed by atoms with Crippen LogP contribution in [-0.4, -0.2) is 22.9 Å². The summed E-state index contributed by atoms with van der Waals surface area (Å²) in [7, 11) is 0. The molecule has 0 heterocycles. The van der Waals surface area contributed by atoms with Gasteiger partial charge in [-0.25, -0.2) is 0 Å². The molecule has 2 heteroatoms. The Morgan fingerprint density at radius 1 is 0.636 bits per heavy atom. The number of aliphatic hydroxyl groups is 2. The maximum Gasteiger partial charge on any atom is 0.0545 e. The molecule has 4 atom stereocenters. The van der Waals surface area contributed by atoms with Gasteiger partial charge in [0.1, 0.15) is 0 Å². The minimum absolute atomic E-state index is 0.194. The normalized spacial score (nSPS) is 17.5. The molecule has 0 saturated heterocycles. The summed E-state index contributed by atoms with van der Waals surface area (Å²) in [6.07, 6.45) is 10.3. The van der Waals surface area contributed by atoms with Gasteiger partial charge in [0.2, 0.25) is 0 Å². The quantitative estimate of drug-likeness (QED) is 0.450. The molecule has 0 rings (SSSR count). The molecule has 0 aliphatic heterocycles. The molecule has 0 bridgehead atoms. The fourth-order valence-corrected chi connectivity index (χ4v) is 3.31. The van der Waals surface area contributed by atoms with Crippen molar-refractivity contribution < 1.29 is 10.2 Å². The van der Waals surface area contributed by atoms with Crippen LogP contribution in [0.3, 0.4) is 0 Å². The van der Waals surface area contributed by atoms with Crippen molar-refractivity contribution in [1.29, 1.82) is 0 Å².